The maximum Gasteiger partial charge on any atom is 0.443 e. The molecule has 2 nitrogen and oxygen atoms in total. The molecule has 0 aliphatic rings. The van der Waals surface area contributed by atoms with Crippen LogP contribution in [0.15, 0.2) is 118 Å². The van der Waals surface area contributed by atoms with E-state index in [1.165, 1.54) is 204 Å². The number of hydrogen-bond donors (Lipinski definition) is 0. The summed E-state index contributed by atoms with van der Waals surface area (Å²) in [4.78, 5) is 0. The van der Waals surface area contributed by atoms with Crippen molar-refractivity contribution in [3.05, 3.63) is 173 Å². The third-order valence-electron chi connectivity index (χ3n) is 17.9. The van der Waals surface area contributed by atoms with Crippen LogP contribution in [0.5, 0.6) is 0 Å². The van der Waals surface area contributed by atoms with Crippen molar-refractivity contribution in [3.8, 4) is 0 Å². The molecule has 580 valence electrons. The molecule has 0 atom stereocenters. The SMILES string of the molecule is CCCCCCCCCCCCCCCCC=Cc1coc([I+]c2cc(C=CCCCCCCCCCCCCCCCC)co2)c1.FC(F)(F)c1cc([B-](c2cc(C(F)(F)F)cc(C(F)(F)F)c2)(c2cc(C(F)(F)F)cc(C(F)(F)F)c2)c2cc(C(F)(F)F)cc(C(F)(F)F)c2)cc(C(F)(F)F)c1. The maximum absolute atomic E-state index is 14.2. The van der Waals surface area contributed by atoms with Gasteiger partial charge in [0.1, 0.15) is 18.7 Å². The van der Waals surface area contributed by atoms with Gasteiger partial charge < -0.3 is 8.83 Å². The summed E-state index contributed by atoms with van der Waals surface area (Å²) >= 11 is -0.413. The van der Waals surface area contributed by atoms with E-state index in [9.17, 15) is 105 Å². The highest BCUT2D eigenvalue weighted by molar-refractivity contribution is 7.20. The van der Waals surface area contributed by atoms with Gasteiger partial charge in [0.05, 0.1) is 44.5 Å². The molecule has 2 aromatic heterocycles. The summed E-state index contributed by atoms with van der Waals surface area (Å²) in [5, 5.41) is 0. The first-order valence-electron chi connectivity index (χ1n) is 35.1. The van der Waals surface area contributed by atoms with Crippen LogP contribution in [0.4, 0.5) is 105 Å². The molecule has 0 radical (unpaired) electrons. The number of alkyl halides is 24. The van der Waals surface area contributed by atoms with Crippen molar-refractivity contribution >= 4 is 40.1 Å². The zero-order chi connectivity index (χ0) is 77.2. The van der Waals surface area contributed by atoms with Gasteiger partial charge in [-0.25, -0.2) is 0 Å². The molecule has 0 spiro atoms. The fourth-order valence-electron chi connectivity index (χ4n) is 12.4. The van der Waals surface area contributed by atoms with E-state index in [0.717, 1.165) is 7.53 Å². The zero-order valence-corrected chi connectivity index (χ0v) is 59.8. The number of halogens is 25. The predicted molar refractivity (Wildman–Crippen MR) is 353 cm³/mol. The molecule has 6 aromatic rings. The molecule has 0 amide bonds. The van der Waals surface area contributed by atoms with E-state index in [4.69, 9.17) is 8.83 Å². The minimum atomic E-state index is -6.13. The van der Waals surface area contributed by atoms with E-state index in [0.29, 0.717) is 0 Å². The Hall–Kier alpha value is -5.97. The molecule has 0 saturated carbocycles. The van der Waals surface area contributed by atoms with Crippen LogP contribution < -0.4 is 43.1 Å². The molecule has 0 N–H and O–H groups in total. The molecule has 0 saturated heterocycles. The van der Waals surface area contributed by atoms with Crippen molar-refractivity contribution in [1.82, 2.24) is 0 Å². The van der Waals surface area contributed by atoms with Crippen LogP contribution >= 0.6 is 0 Å². The first-order valence-corrected chi connectivity index (χ1v) is 37.2. The summed E-state index contributed by atoms with van der Waals surface area (Å²) in [7, 11) is 0. The molecule has 6 rings (SSSR count). The molecular weight excluding hydrogens is 1540 g/mol. The van der Waals surface area contributed by atoms with Gasteiger partial charge in [-0.3, -0.25) is 0 Å². The quantitative estimate of drug-likeness (QED) is 0.0167. The van der Waals surface area contributed by atoms with Crippen molar-refractivity contribution < 1.29 is 135 Å². The van der Waals surface area contributed by atoms with Gasteiger partial charge in [0.15, 0.2) is 0 Å². The summed E-state index contributed by atoms with van der Waals surface area (Å²) in [6.07, 6.45) is 0.0809. The topological polar surface area (TPSA) is 26.3 Å². The minimum absolute atomic E-state index is 0.413. The molecule has 0 unspecified atom stereocenters. The van der Waals surface area contributed by atoms with Crippen LogP contribution in [0.25, 0.3) is 12.2 Å². The van der Waals surface area contributed by atoms with Crippen molar-refractivity contribution in [1.29, 1.82) is 0 Å². The van der Waals surface area contributed by atoms with Gasteiger partial charge in [0.2, 0.25) is 0 Å². The second kappa shape index (κ2) is 40.3. The lowest BCUT2D eigenvalue weighted by Gasteiger charge is -2.46. The van der Waals surface area contributed by atoms with Crippen LogP contribution in [0.1, 0.15) is 262 Å². The predicted octanol–water partition coefficient (Wildman–Crippen LogP) is 24.0. The summed E-state index contributed by atoms with van der Waals surface area (Å²) in [6, 6.07) is -4.42. The Kier molecular flexibility index (Phi) is 34.3. The molecule has 4 aromatic carbocycles. The summed E-state index contributed by atoms with van der Waals surface area (Å²) in [5.74, 6) is 0. The highest BCUT2D eigenvalue weighted by atomic mass is 127. The second-order valence-electron chi connectivity index (χ2n) is 26.3. The van der Waals surface area contributed by atoms with Gasteiger partial charge in [-0.05, 0) is 49.9 Å². The summed E-state index contributed by atoms with van der Waals surface area (Å²) in [6.45, 7) is 4.59. The average molecular weight is 1630 g/mol. The molecule has 28 heteroatoms. The van der Waals surface area contributed by atoms with Gasteiger partial charge >= 0.3 is 78.1 Å². The monoisotopic (exact) mass is 1620 g/mol. The molecule has 104 heavy (non-hydrogen) atoms. The van der Waals surface area contributed by atoms with Crippen LogP contribution in [0.2, 0.25) is 0 Å². The van der Waals surface area contributed by atoms with E-state index in [2.05, 4.69) is 50.3 Å². The van der Waals surface area contributed by atoms with Gasteiger partial charge in [-0.2, -0.15) is 127 Å². The van der Waals surface area contributed by atoms with Crippen molar-refractivity contribution in [3.63, 3.8) is 0 Å². The van der Waals surface area contributed by atoms with E-state index in [1.807, 2.05) is 12.5 Å². The van der Waals surface area contributed by atoms with Gasteiger partial charge in [-0.15, -0.1) is 0 Å². The second-order valence-corrected chi connectivity index (χ2v) is 28.9. The van der Waals surface area contributed by atoms with E-state index in [1.54, 1.807) is 0 Å². The van der Waals surface area contributed by atoms with Gasteiger partial charge in [0, 0.05) is 23.3 Å². The van der Waals surface area contributed by atoms with Gasteiger partial charge in [-0.1, -0.05) is 254 Å². The number of unbranched alkanes of at least 4 members (excludes halogenated alkanes) is 28. The minimum Gasteiger partial charge on any atom is -0.426 e. The third-order valence-corrected chi connectivity index (χ3v) is 20.1. The van der Waals surface area contributed by atoms with E-state index >= 15 is 0 Å². The number of rotatable bonds is 38. The average Bonchev–Trinajstić information content (AvgIpc) is 0.783. The number of hydrogen-bond acceptors (Lipinski definition) is 2. The highest BCUT2D eigenvalue weighted by Gasteiger charge is 2.47. The lowest BCUT2D eigenvalue weighted by atomic mass is 9.12. The molecule has 2 heterocycles. The highest BCUT2D eigenvalue weighted by Crippen LogP contribution is 2.42. The Morgan fingerprint density at radius 2 is 0.442 bits per heavy atom. The fraction of sp³-hybridized carbons (Fsp3) is 0.526. The molecule has 0 aliphatic carbocycles. The normalized spacial score (nSPS) is 13.2. The van der Waals surface area contributed by atoms with Gasteiger partial charge in [0.25, 0.3) is 0 Å². The van der Waals surface area contributed by atoms with Crippen molar-refractivity contribution in [2.75, 3.05) is 0 Å². The lowest BCUT2D eigenvalue weighted by Crippen LogP contribution is -3.61. The smallest absolute Gasteiger partial charge is 0.426 e. The summed E-state index contributed by atoms with van der Waals surface area (Å²) < 4.78 is 355. The Morgan fingerprint density at radius 3 is 0.625 bits per heavy atom. The Bertz CT molecular complexity index is 3060. The van der Waals surface area contributed by atoms with Crippen molar-refractivity contribution in [2.24, 2.45) is 0 Å². The first kappa shape index (κ1) is 88.7. The Labute approximate surface area is 601 Å². The molecule has 0 bridgehead atoms. The van der Waals surface area contributed by atoms with Crippen LogP contribution in [0, 0.1) is 7.53 Å². The van der Waals surface area contributed by atoms with Crippen LogP contribution in [0.3, 0.4) is 0 Å². The number of furan rings is 2. The van der Waals surface area contributed by atoms with E-state index < -0.39 is 216 Å². The third kappa shape index (κ3) is 29.3. The first-order chi connectivity index (χ1) is 48.6. The number of benzene rings is 4. The lowest BCUT2D eigenvalue weighted by molar-refractivity contribution is -0.636. The molecule has 0 fully saturated rings. The van der Waals surface area contributed by atoms with Crippen molar-refractivity contribution in [2.45, 2.75) is 256 Å². The van der Waals surface area contributed by atoms with Crippen LogP contribution in [-0.4, -0.2) is 6.15 Å². The largest absolute Gasteiger partial charge is 0.443 e. The maximum atomic E-state index is 14.2. The fourth-order valence-corrected chi connectivity index (χ4v) is 14.5. The Morgan fingerprint density at radius 1 is 0.260 bits per heavy atom. The molecule has 0 aliphatic heterocycles. The zero-order valence-electron chi connectivity index (χ0n) is 57.6. The van der Waals surface area contributed by atoms with E-state index in [-0.39, 0.29) is 0 Å². The number of allylic oxidation sites excluding steroid dienone is 2. The Balaban J connectivity index is 0.000000381. The molecular formula is C76H86BF24IO2. The van der Waals surface area contributed by atoms with Crippen LogP contribution in [-0.2, 0) is 49.4 Å². The standard InChI is InChI=1S/C44H74IO2.C32H12BF24/c1-3-5-7-9-11-13-15-17-19-21-23-25-27-29-31-33-35-41-37-43(46-39-41)45-44-38-42(40-47-44)36-34-32-30-28-26-24-22-20-18-16-14-12-10-8-6-4-2;34-25(35,36)13-1-14(26(37,38)39)6-21(5-13)33(22-7-15(27(40,41)42)2-16(8-22)28(43,44)45,23-9-17(29(46,47)48)3-18(10-23)30(49,50)51)24-11-19(31(52,53)54)4-20(12-24)32(55,56)57/h33-40H,3-32H2,1-2H3;1-12H/q+1;-1. The summed E-state index contributed by atoms with van der Waals surface area (Å²) in [5.41, 5.74) is -27.8.